The van der Waals surface area contributed by atoms with Crippen LogP contribution in [0.2, 0.25) is 0 Å². The molecule has 4 nitrogen and oxygen atoms in total. The van der Waals surface area contributed by atoms with Gasteiger partial charge in [0.25, 0.3) is 0 Å². The summed E-state index contributed by atoms with van der Waals surface area (Å²) >= 11 is 0. The SMILES string of the molecule is COC(=O)[C@@H]1C[C@@](C#N)(c2ccccc2C)CCC1=O. The highest BCUT2D eigenvalue weighted by molar-refractivity contribution is 6.00. The van der Waals surface area contributed by atoms with Crippen molar-refractivity contribution < 1.29 is 14.3 Å². The number of carbonyl (C=O) groups excluding carboxylic acids is 2. The predicted molar refractivity (Wildman–Crippen MR) is 72.8 cm³/mol. The molecule has 1 aromatic rings. The molecule has 0 N–H and O–H groups in total. The average Bonchev–Trinajstić information content (AvgIpc) is 2.48. The third kappa shape index (κ3) is 2.32. The van der Waals surface area contributed by atoms with Crippen LogP contribution in [0.4, 0.5) is 0 Å². The Bertz CT molecular complexity index is 580. The number of hydrogen-bond donors (Lipinski definition) is 0. The first-order chi connectivity index (χ1) is 9.54. The van der Waals surface area contributed by atoms with E-state index in [1.807, 2.05) is 31.2 Å². The van der Waals surface area contributed by atoms with Gasteiger partial charge in [-0.15, -0.1) is 0 Å². The molecule has 0 spiro atoms. The maximum Gasteiger partial charge on any atom is 0.316 e. The maximum absolute atomic E-state index is 11.9. The molecular weight excluding hydrogens is 254 g/mol. The zero-order valence-corrected chi connectivity index (χ0v) is 11.7. The Kier molecular flexibility index (Phi) is 3.89. The fourth-order valence-corrected chi connectivity index (χ4v) is 2.95. The number of aryl methyl sites for hydroxylation is 1. The van der Waals surface area contributed by atoms with Gasteiger partial charge in [-0.1, -0.05) is 24.3 Å². The Labute approximate surface area is 118 Å². The molecule has 2 atom stereocenters. The van der Waals surface area contributed by atoms with Gasteiger partial charge in [0.15, 0.2) is 0 Å². The van der Waals surface area contributed by atoms with Crippen molar-refractivity contribution in [3.63, 3.8) is 0 Å². The summed E-state index contributed by atoms with van der Waals surface area (Å²) in [5, 5.41) is 9.66. The van der Waals surface area contributed by atoms with E-state index in [2.05, 4.69) is 6.07 Å². The number of Topliss-reactive ketones (excluding diaryl/α,β-unsaturated/α-hetero) is 1. The van der Waals surface area contributed by atoms with Crippen LogP contribution in [0.15, 0.2) is 24.3 Å². The van der Waals surface area contributed by atoms with E-state index >= 15 is 0 Å². The topological polar surface area (TPSA) is 67.2 Å². The number of nitriles is 1. The van der Waals surface area contributed by atoms with Crippen LogP contribution in [0.3, 0.4) is 0 Å². The Hall–Kier alpha value is -2.15. The summed E-state index contributed by atoms with van der Waals surface area (Å²) in [6, 6.07) is 9.98. The lowest BCUT2D eigenvalue weighted by molar-refractivity contribution is -0.151. The van der Waals surface area contributed by atoms with Gasteiger partial charge in [0.2, 0.25) is 0 Å². The number of ketones is 1. The normalized spacial score (nSPS) is 25.9. The quantitative estimate of drug-likeness (QED) is 0.611. The number of carbonyl (C=O) groups is 2. The number of benzene rings is 1. The third-order valence-corrected chi connectivity index (χ3v) is 4.10. The molecule has 1 aliphatic carbocycles. The Balaban J connectivity index is 2.43. The minimum absolute atomic E-state index is 0.128. The Morgan fingerprint density at radius 3 is 2.75 bits per heavy atom. The van der Waals surface area contributed by atoms with Crippen LogP contribution in [-0.4, -0.2) is 18.9 Å². The number of esters is 1. The minimum Gasteiger partial charge on any atom is -0.468 e. The summed E-state index contributed by atoms with van der Waals surface area (Å²) < 4.78 is 4.69. The van der Waals surface area contributed by atoms with Crippen LogP contribution in [-0.2, 0) is 19.7 Å². The lowest BCUT2D eigenvalue weighted by Crippen LogP contribution is -2.40. The molecule has 104 valence electrons. The molecule has 1 aromatic carbocycles. The molecule has 0 heterocycles. The highest BCUT2D eigenvalue weighted by atomic mass is 16.5. The Morgan fingerprint density at radius 2 is 2.15 bits per heavy atom. The van der Waals surface area contributed by atoms with E-state index in [4.69, 9.17) is 4.74 Å². The molecule has 2 rings (SSSR count). The fraction of sp³-hybridized carbons (Fsp3) is 0.438. The highest BCUT2D eigenvalue weighted by Gasteiger charge is 2.45. The van der Waals surface area contributed by atoms with Crippen LogP contribution >= 0.6 is 0 Å². The largest absolute Gasteiger partial charge is 0.468 e. The Morgan fingerprint density at radius 1 is 1.45 bits per heavy atom. The van der Waals surface area contributed by atoms with Gasteiger partial charge < -0.3 is 4.74 Å². The molecule has 0 radical (unpaired) electrons. The van der Waals surface area contributed by atoms with Crippen molar-refractivity contribution >= 4 is 11.8 Å². The van der Waals surface area contributed by atoms with E-state index in [-0.39, 0.29) is 18.6 Å². The first-order valence-corrected chi connectivity index (χ1v) is 6.62. The van der Waals surface area contributed by atoms with Gasteiger partial charge in [-0.2, -0.15) is 5.26 Å². The molecule has 1 aliphatic rings. The van der Waals surface area contributed by atoms with E-state index in [1.165, 1.54) is 7.11 Å². The molecule has 0 amide bonds. The fourth-order valence-electron chi connectivity index (χ4n) is 2.95. The van der Waals surface area contributed by atoms with Crippen LogP contribution in [0.25, 0.3) is 0 Å². The van der Waals surface area contributed by atoms with Crippen molar-refractivity contribution in [2.45, 2.75) is 31.6 Å². The maximum atomic E-state index is 11.9. The average molecular weight is 271 g/mol. The summed E-state index contributed by atoms with van der Waals surface area (Å²) in [6.45, 7) is 1.94. The van der Waals surface area contributed by atoms with Crippen molar-refractivity contribution in [2.75, 3.05) is 7.11 Å². The zero-order valence-electron chi connectivity index (χ0n) is 11.7. The highest BCUT2D eigenvalue weighted by Crippen LogP contribution is 2.41. The molecule has 0 saturated heterocycles. The van der Waals surface area contributed by atoms with Crippen molar-refractivity contribution in [3.05, 3.63) is 35.4 Å². The molecule has 0 bridgehead atoms. The molecule has 20 heavy (non-hydrogen) atoms. The number of methoxy groups -OCH3 is 1. The van der Waals surface area contributed by atoms with Crippen molar-refractivity contribution in [2.24, 2.45) is 5.92 Å². The molecule has 0 aromatic heterocycles. The number of hydrogen-bond acceptors (Lipinski definition) is 4. The van der Waals surface area contributed by atoms with Crippen molar-refractivity contribution in [3.8, 4) is 6.07 Å². The lowest BCUT2D eigenvalue weighted by atomic mass is 9.65. The predicted octanol–water partition coefficient (Wildman–Crippen LogP) is 2.30. The van der Waals surface area contributed by atoms with Crippen molar-refractivity contribution in [1.29, 1.82) is 5.26 Å². The molecular formula is C16H17NO3. The zero-order chi connectivity index (χ0) is 14.8. The van der Waals surface area contributed by atoms with Gasteiger partial charge in [0.1, 0.15) is 11.7 Å². The van der Waals surface area contributed by atoms with E-state index in [0.29, 0.717) is 6.42 Å². The van der Waals surface area contributed by atoms with Gasteiger partial charge in [-0.05, 0) is 30.9 Å². The van der Waals surface area contributed by atoms with Gasteiger partial charge in [-0.25, -0.2) is 0 Å². The second-order valence-electron chi connectivity index (χ2n) is 5.26. The molecule has 1 fully saturated rings. The van der Waals surface area contributed by atoms with E-state index in [0.717, 1.165) is 11.1 Å². The molecule has 1 saturated carbocycles. The van der Waals surface area contributed by atoms with E-state index in [1.54, 1.807) is 0 Å². The van der Waals surface area contributed by atoms with Gasteiger partial charge >= 0.3 is 5.97 Å². The molecule has 4 heteroatoms. The van der Waals surface area contributed by atoms with Gasteiger partial charge in [-0.3, -0.25) is 9.59 Å². The summed E-state index contributed by atoms with van der Waals surface area (Å²) in [6.07, 6.45) is 0.905. The lowest BCUT2D eigenvalue weighted by Gasteiger charge is -2.35. The first kappa shape index (κ1) is 14.3. The molecule has 0 unspecified atom stereocenters. The van der Waals surface area contributed by atoms with Gasteiger partial charge in [0.05, 0.1) is 18.6 Å². The van der Waals surface area contributed by atoms with E-state index < -0.39 is 17.3 Å². The van der Waals surface area contributed by atoms with Gasteiger partial charge in [0, 0.05) is 6.42 Å². The van der Waals surface area contributed by atoms with Crippen LogP contribution in [0.1, 0.15) is 30.4 Å². The number of nitrogens with zero attached hydrogens (tertiary/aromatic N) is 1. The smallest absolute Gasteiger partial charge is 0.316 e. The summed E-state index contributed by atoms with van der Waals surface area (Å²) in [5.41, 5.74) is 1.13. The number of ether oxygens (including phenoxy) is 1. The van der Waals surface area contributed by atoms with Crippen molar-refractivity contribution in [1.82, 2.24) is 0 Å². The standard InChI is InChI=1S/C16H17NO3/c1-11-5-3-4-6-13(11)16(10-17)8-7-14(18)12(9-16)15(19)20-2/h3-6,12H,7-9H2,1-2H3/t12-,16+/m1/s1. The summed E-state index contributed by atoms with van der Waals surface area (Å²) in [5.74, 6) is -1.49. The monoisotopic (exact) mass is 271 g/mol. The van der Waals surface area contributed by atoms with Crippen LogP contribution < -0.4 is 0 Å². The van der Waals surface area contributed by atoms with Crippen LogP contribution in [0, 0.1) is 24.2 Å². The van der Waals surface area contributed by atoms with Crippen LogP contribution in [0.5, 0.6) is 0 Å². The molecule has 0 aliphatic heterocycles. The number of rotatable bonds is 2. The minimum atomic E-state index is -0.826. The summed E-state index contributed by atoms with van der Waals surface area (Å²) in [4.78, 5) is 23.6. The summed E-state index contributed by atoms with van der Waals surface area (Å²) in [7, 11) is 1.27. The second-order valence-corrected chi connectivity index (χ2v) is 5.26. The third-order valence-electron chi connectivity index (χ3n) is 4.10. The second kappa shape index (κ2) is 5.46. The van der Waals surface area contributed by atoms with E-state index in [9.17, 15) is 14.9 Å². The first-order valence-electron chi connectivity index (χ1n) is 6.62.